The fourth-order valence-electron chi connectivity index (χ4n) is 5.10. The highest BCUT2D eigenvalue weighted by Gasteiger charge is 2.34. The molecule has 6 aromatic rings. The number of ether oxygens (including phenoxy) is 2. The summed E-state index contributed by atoms with van der Waals surface area (Å²) in [7, 11) is 0. The minimum atomic E-state index is -1.10. The summed E-state index contributed by atoms with van der Waals surface area (Å²) in [4.78, 5) is 48.6. The van der Waals surface area contributed by atoms with Gasteiger partial charge in [0.25, 0.3) is 0 Å². The lowest BCUT2D eigenvalue weighted by Gasteiger charge is -2.28. The van der Waals surface area contributed by atoms with E-state index < -0.39 is 40.6 Å². The standard InChI is InChI=1S/C32H28F2N4O7/c1-31(2,3)44-29(40)38(30(41)45-32(4,5)6)22-12-16(20(34)14-36-22)15-37-21-13-19(33)17-9-11-42-26(17)24(21)23-18-8-7-10-35-27(18)43-28(39)25(23)37/h7-14H,15H2,1-6H3. The molecule has 0 radical (unpaired) electrons. The molecule has 0 fully saturated rings. The van der Waals surface area contributed by atoms with Crippen LogP contribution in [-0.4, -0.2) is 37.9 Å². The van der Waals surface area contributed by atoms with Crippen LogP contribution in [0.2, 0.25) is 0 Å². The van der Waals surface area contributed by atoms with Crippen LogP contribution in [-0.2, 0) is 16.0 Å². The van der Waals surface area contributed by atoms with Crippen molar-refractivity contribution in [3.05, 3.63) is 76.6 Å². The second-order valence-electron chi connectivity index (χ2n) is 12.4. The van der Waals surface area contributed by atoms with Crippen molar-refractivity contribution in [2.24, 2.45) is 0 Å². The molecule has 0 atom stereocenters. The minimum absolute atomic E-state index is 0.00250. The normalized spacial score (nSPS) is 12.4. The highest BCUT2D eigenvalue weighted by atomic mass is 19.1. The van der Waals surface area contributed by atoms with Crippen LogP contribution in [0.3, 0.4) is 0 Å². The molecule has 0 N–H and O–H groups in total. The first-order chi connectivity index (χ1) is 21.1. The van der Waals surface area contributed by atoms with Gasteiger partial charge in [-0.3, -0.25) is 0 Å². The molecule has 0 aliphatic rings. The zero-order valence-electron chi connectivity index (χ0n) is 25.2. The zero-order chi connectivity index (χ0) is 32.4. The number of amides is 2. The van der Waals surface area contributed by atoms with E-state index in [9.17, 15) is 14.4 Å². The number of furan rings is 1. The van der Waals surface area contributed by atoms with Gasteiger partial charge in [-0.05, 0) is 71.9 Å². The van der Waals surface area contributed by atoms with E-state index in [1.165, 1.54) is 29.2 Å². The van der Waals surface area contributed by atoms with Crippen LogP contribution in [0.4, 0.5) is 24.2 Å². The number of hydrogen-bond donors (Lipinski definition) is 0. The molecule has 0 unspecified atom stereocenters. The van der Waals surface area contributed by atoms with Crippen LogP contribution in [0.15, 0.2) is 62.6 Å². The predicted molar refractivity (Wildman–Crippen MR) is 161 cm³/mol. The highest BCUT2D eigenvalue weighted by Crippen LogP contribution is 2.39. The third kappa shape index (κ3) is 5.34. The van der Waals surface area contributed by atoms with E-state index in [2.05, 4.69) is 9.97 Å². The second kappa shape index (κ2) is 10.4. The predicted octanol–water partition coefficient (Wildman–Crippen LogP) is 7.44. The van der Waals surface area contributed by atoms with Crippen LogP contribution in [0.25, 0.3) is 43.9 Å². The van der Waals surface area contributed by atoms with Crippen molar-refractivity contribution in [3.8, 4) is 0 Å². The van der Waals surface area contributed by atoms with Crippen molar-refractivity contribution in [2.75, 3.05) is 4.90 Å². The van der Waals surface area contributed by atoms with Gasteiger partial charge in [0.05, 0.1) is 35.3 Å². The molecule has 0 aliphatic carbocycles. The third-order valence-corrected chi connectivity index (χ3v) is 6.77. The smallest absolute Gasteiger partial charge is 0.425 e. The van der Waals surface area contributed by atoms with Gasteiger partial charge >= 0.3 is 17.8 Å². The number of carbonyl (C=O) groups excluding carboxylic acids is 2. The molecule has 0 bridgehead atoms. The molecule has 5 heterocycles. The zero-order valence-corrected chi connectivity index (χ0v) is 25.2. The van der Waals surface area contributed by atoms with Gasteiger partial charge in [-0.25, -0.2) is 33.1 Å². The van der Waals surface area contributed by atoms with E-state index in [-0.39, 0.29) is 45.6 Å². The molecule has 13 heteroatoms. The Morgan fingerprint density at radius 2 is 1.62 bits per heavy atom. The maximum absolute atomic E-state index is 15.5. The lowest BCUT2D eigenvalue weighted by molar-refractivity contribution is 0.0429. The Labute approximate surface area is 253 Å². The molecule has 232 valence electrons. The second-order valence-corrected chi connectivity index (χ2v) is 12.4. The van der Waals surface area contributed by atoms with E-state index in [1.807, 2.05) is 0 Å². The summed E-state index contributed by atoms with van der Waals surface area (Å²) in [5, 5.41) is 1.42. The number of aromatic nitrogens is 3. The van der Waals surface area contributed by atoms with Gasteiger partial charge in [-0.2, -0.15) is 4.90 Å². The van der Waals surface area contributed by atoms with Crippen LogP contribution in [0.1, 0.15) is 47.1 Å². The number of benzene rings is 1. The first kappa shape index (κ1) is 29.7. The molecule has 1 aromatic carbocycles. The molecule has 11 nitrogen and oxygen atoms in total. The van der Waals surface area contributed by atoms with Crippen molar-refractivity contribution in [2.45, 2.75) is 59.3 Å². The molecule has 0 spiro atoms. The number of hydrogen-bond acceptors (Lipinski definition) is 9. The summed E-state index contributed by atoms with van der Waals surface area (Å²) in [6.45, 7) is 9.33. The van der Waals surface area contributed by atoms with Gasteiger partial charge in [-0.15, -0.1) is 0 Å². The van der Waals surface area contributed by atoms with E-state index in [4.69, 9.17) is 18.3 Å². The molecule has 45 heavy (non-hydrogen) atoms. The summed E-state index contributed by atoms with van der Waals surface area (Å²) in [6.07, 6.45) is 1.43. The first-order valence-electron chi connectivity index (χ1n) is 13.9. The van der Waals surface area contributed by atoms with Crippen LogP contribution >= 0.6 is 0 Å². The fraction of sp³-hybridized carbons (Fsp3) is 0.281. The summed E-state index contributed by atoms with van der Waals surface area (Å²) in [6, 6.07) is 7.20. The minimum Gasteiger partial charge on any atom is -0.463 e. The monoisotopic (exact) mass is 618 g/mol. The maximum Gasteiger partial charge on any atom is 0.425 e. The quantitative estimate of drug-likeness (QED) is 0.199. The van der Waals surface area contributed by atoms with E-state index >= 15 is 8.78 Å². The van der Waals surface area contributed by atoms with Crippen LogP contribution in [0, 0.1) is 11.6 Å². The topological polar surface area (TPSA) is 130 Å². The third-order valence-electron chi connectivity index (χ3n) is 6.77. The molecule has 2 amide bonds. The van der Waals surface area contributed by atoms with Crippen molar-refractivity contribution in [1.29, 1.82) is 0 Å². The Kier molecular flexibility index (Phi) is 6.86. The van der Waals surface area contributed by atoms with Gasteiger partial charge < -0.3 is 22.9 Å². The molecule has 0 saturated carbocycles. The van der Waals surface area contributed by atoms with Crippen molar-refractivity contribution in [1.82, 2.24) is 14.5 Å². The molecule has 0 saturated heterocycles. The molecular weight excluding hydrogens is 590 g/mol. The number of fused-ring (bicyclic) bond motifs is 7. The highest BCUT2D eigenvalue weighted by molar-refractivity contribution is 6.25. The first-order valence-corrected chi connectivity index (χ1v) is 13.9. The number of rotatable bonds is 3. The fourth-order valence-corrected chi connectivity index (χ4v) is 5.10. The number of anilines is 1. The Morgan fingerprint density at radius 3 is 2.29 bits per heavy atom. The van der Waals surface area contributed by atoms with E-state index in [1.54, 1.807) is 53.7 Å². The lowest BCUT2D eigenvalue weighted by Crippen LogP contribution is -2.44. The van der Waals surface area contributed by atoms with Crippen molar-refractivity contribution < 1.29 is 36.7 Å². The van der Waals surface area contributed by atoms with E-state index in [0.717, 1.165) is 12.3 Å². The van der Waals surface area contributed by atoms with Crippen LogP contribution in [0.5, 0.6) is 0 Å². The summed E-state index contributed by atoms with van der Waals surface area (Å²) < 4.78 is 54.2. The largest absolute Gasteiger partial charge is 0.463 e. The lowest BCUT2D eigenvalue weighted by atomic mass is 10.1. The number of halogens is 2. The maximum atomic E-state index is 15.5. The Bertz CT molecular complexity index is 2190. The number of carbonyl (C=O) groups is 2. The summed E-state index contributed by atoms with van der Waals surface area (Å²) >= 11 is 0. The van der Waals surface area contributed by atoms with Crippen LogP contribution < -0.4 is 10.5 Å². The van der Waals surface area contributed by atoms with Crippen molar-refractivity contribution >= 4 is 61.9 Å². The molecule has 6 rings (SSSR count). The van der Waals surface area contributed by atoms with Gasteiger partial charge in [-0.1, -0.05) is 0 Å². The molecular formula is C32H28F2N4O7. The Hall–Kier alpha value is -5.33. The average molecular weight is 619 g/mol. The average Bonchev–Trinajstić information content (AvgIpc) is 3.53. The van der Waals surface area contributed by atoms with Gasteiger partial charge in [0.15, 0.2) is 0 Å². The Balaban J connectivity index is 1.58. The van der Waals surface area contributed by atoms with Gasteiger partial charge in [0.1, 0.15) is 39.8 Å². The van der Waals surface area contributed by atoms with Gasteiger partial charge in [0, 0.05) is 22.5 Å². The SMILES string of the molecule is CC(C)(C)OC(=O)N(C(=O)OC(C)(C)C)c1cc(Cn2c3cc(F)c4ccoc4c3c3c4cccnc4oc(=O)c32)c(F)cn1. The van der Waals surface area contributed by atoms with Crippen molar-refractivity contribution in [3.63, 3.8) is 0 Å². The summed E-state index contributed by atoms with van der Waals surface area (Å²) in [5.41, 5.74) is -2.42. The number of nitrogens with zero attached hydrogens (tertiary/aromatic N) is 4. The Morgan fingerprint density at radius 1 is 0.933 bits per heavy atom. The number of imide groups is 1. The molecule has 5 aromatic heterocycles. The number of pyridine rings is 2. The summed E-state index contributed by atoms with van der Waals surface area (Å²) in [5.74, 6) is -1.75. The van der Waals surface area contributed by atoms with E-state index in [0.29, 0.717) is 21.1 Å². The van der Waals surface area contributed by atoms with Gasteiger partial charge in [0.2, 0.25) is 5.71 Å². The molecule has 0 aliphatic heterocycles.